The number of nitrogens with one attached hydrogen (secondary N) is 2. The molecule has 112 valence electrons. The fraction of sp³-hybridized carbons (Fsp3) is 0.533. The summed E-state index contributed by atoms with van der Waals surface area (Å²) in [6.45, 7) is 7.00. The number of ether oxygens (including phenoxy) is 1. The molecule has 1 rings (SSSR count). The Balaban J connectivity index is 2.24. The number of carbonyl (C=O) groups excluding carboxylic acids is 1. The maximum atomic E-state index is 11.7. The number of para-hydroxylation sites is 1. The van der Waals surface area contributed by atoms with E-state index < -0.39 is 6.10 Å². The smallest absolute Gasteiger partial charge is 0.319 e. The van der Waals surface area contributed by atoms with E-state index >= 15 is 0 Å². The van der Waals surface area contributed by atoms with Crippen LogP contribution < -0.4 is 10.6 Å². The molecule has 0 aromatic heterocycles. The first kappa shape index (κ1) is 16.5. The van der Waals surface area contributed by atoms with Crippen LogP contribution in [0.25, 0.3) is 0 Å². The number of urea groups is 1. The summed E-state index contributed by atoms with van der Waals surface area (Å²) in [7, 11) is 0. The standard InChI is InChI=1S/C15H24N2O3/c1-11(2)9-20-10-13(18)8-16-15(19)17-14-7-5-4-6-12(14)3/h4-7,11,13,18H,8-10H2,1-3H3,(H2,16,17,19). The normalized spacial score (nSPS) is 12.2. The molecule has 0 aliphatic rings. The Morgan fingerprint density at radius 1 is 1.30 bits per heavy atom. The Labute approximate surface area is 120 Å². The molecule has 1 aromatic rings. The van der Waals surface area contributed by atoms with E-state index in [0.29, 0.717) is 12.5 Å². The van der Waals surface area contributed by atoms with Crippen molar-refractivity contribution in [3.8, 4) is 0 Å². The number of rotatable bonds is 7. The highest BCUT2D eigenvalue weighted by Crippen LogP contribution is 2.12. The summed E-state index contributed by atoms with van der Waals surface area (Å²) in [5, 5.41) is 15.0. The Hall–Kier alpha value is -1.59. The van der Waals surface area contributed by atoms with Gasteiger partial charge in [-0.2, -0.15) is 0 Å². The van der Waals surface area contributed by atoms with E-state index in [9.17, 15) is 9.90 Å². The maximum Gasteiger partial charge on any atom is 0.319 e. The lowest BCUT2D eigenvalue weighted by atomic mass is 10.2. The van der Waals surface area contributed by atoms with Gasteiger partial charge in [0, 0.05) is 18.8 Å². The molecule has 0 aliphatic heterocycles. The highest BCUT2D eigenvalue weighted by atomic mass is 16.5. The van der Waals surface area contributed by atoms with Crippen LogP contribution in [0.2, 0.25) is 0 Å². The number of hydrogen-bond donors (Lipinski definition) is 3. The molecule has 2 amide bonds. The molecule has 1 atom stereocenters. The van der Waals surface area contributed by atoms with Gasteiger partial charge in [0.15, 0.2) is 0 Å². The quantitative estimate of drug-likeness (QED) is 0.716. The largest absolute Gasteiger partial charge is 0.389 e. The van der Waals surface area contributed by atoms with E-state index in [1.54, 1.807) is 0 Å². The molecular weight excluding hydrogens is 256 g/mol. The first-order valence-corrected chi connectivity index (χ1v) is 6.85. The summed E-state index contributed by atoms with van der Waals surface area (Å²) in [6.07, 6.45) is -0.698. The van der Waals surface area contributed by atoms with Crippen molar-refractivity contribution in [2.75, 3.05) is 25.1 Å². The highest BCUT2D eigenvalue weighted by Gasteiger charge is 2.08. The van der Waals surface area contributed by atoms with E-state index in [0.717, 1.165) is 11.3 Å². The number of aryl methyl sites for hydroxylation is 1. The van der Waals surface area contributed by atoms with Crippen LogP contribution in [-0.4, -0.2) is 37.0 Å². The molecule has 1 unspecified atom stereocenters. The van der Waals surface area contributed by atoms with Gasteiger partial charge in [-0.25, -0.2) is 4.79 Å². The Kier molecular flexibility index (Phi) is 7.04. The van der Waals surface area contributed by atoms with E-state index in [4.69, 9.17) is 4.74 Å². The summed E-state index contributed by atoms with van der Waals surface area (Å²) < 4.78 is 5.30. The van der Waals surface area contributed by atoms with Gasteiger partial charge in [0.1, 0.15) is 0 Å². The molecule has 5 nitrogen and oxygen atoms in total. The SMILES string of the molecule is Cc1ccccc1NC(=O)NCC(O)COCC(C)C. The predicted molar refractivity (Wildman–Crippen MR) is 79.9 cm³/mol. The van der Waals surface area contributed by atoms with Gasteiger partial charge in [-0.3, -0.25) is 0 Å². The van der Waals surface area contributed by atoms with Crippen LogP contribution in [0.15, 0.2) is 24.3 Å². The third-order valence-corrected chi connectivity index (χ3v) is 2.65. The maximum absolute atomic E-state index is 11.7. The molecule has 0 spiro atoms. The zero-order chi connectivity index (χ0) is 15.0. The molecule has 0 saturated carbocycles. The van der Waals surface area contributed by atoms with Crippen molar-refractivity contribution in [2.45, 2.75) is 26.9 Å². The van der Waals surface area contributed by atoms with Crippen molar-refractivity contribution in [1.29, 1.82) is 0 Å². The van der Waals surface area contributed by atoms with Gasteiger partial charge in [0.2, 0.25) is 0 Å². The first-order chi connectivity index (χ1) is 9.49. The zero-order valence-corrected chi connectivity index (χ0v) is 12.3. The summed E-state index contributed by atoms with van der Waals surface area (Å²) in [6, 6.07) is 7.19. The Bertz CT molecular complexity index is 421. The Morgan fingerprint density at radius 3 is 2.65 bits per heavy atom. The van der Waals surface area contributed by atoms with Crippen molar-refractivity contribution >= 4 is 11.7 Å². The minimum atomic E-state index is -0.698. The van der Waals surface area contributed by atoms with Crippen LogP contribution in [-0.2, 0) is 4.74 Å². The third-order valence-electron chi connectivity index (χ3n) is 2.65. The lowest BCUT2D eigenvalue weighted by Gasteiger charge is -2.14. The lowest BCUT2D eigenvalue weighted by Crippen LogP contribution is -2.37. The molecule has 0 fully saturated rings. The molecule has 3 N–H and O–H groups in total. The molecule has 1 aromatic carbocycles. The van der Waals surface area contributed by atoms with Gasteiger partial charge in [0.05, 0.1) is 12.7 Å². The number of anilines is 1. The van der Waals surface area contributed by atoms with Gasteiger partial charge in [-0.1, -0.05) is 32.0 Å². The van der Waals surface area contributed by atoms with Crippen LogP contribution in [0.1, 0.15) is 19.4 Å². The van der Waals surface area contributed by atoms with Crippen LogP contribution >= 0.6 is 0 Å². The molecule has 0 bridgehead atoms. The minimum Gasteiger partial charge on any atom is -0.389 e. The number of carbonyl (C=O) groups is 1. The Morgan fingerprint density at radius 2 is 2.00 bits per heavy atom. The second-order valence-electron chi connectivity index (χ2n) is 5.24. The van der Waals surface area contributed by atoms with Crippen LogP contribution in [0.3, 0.4) is 0 Å². The van der Waals surface area contributed by atoms with Gasteiger partial charge >= 0.3 is 6.03 Å². The van der Waals surface area contributed by atoms with Crippen molar-refractivity contribution in [1.82, 2.24) is 5.32 Å². The zero-order valence-electron chi connectivity index (χ0n) is 12.3. The van der Waals surface area contributed by atoms with Crippen molar-refractivity contribution < 1.29 is 14.6 Å². The van der Waals surface area contributed by atoms with E-state index in [1.807, 2.05) is 45.0 Å². The van der Waals surface area contributed by atoms with E-state index in [2.05, 4.69) is 10.6 Å². The van der Waals surface area contributed by atoms with Gasteiger partial charge in [0.25, 0.3) is 0 Å². The molecule has 0 saturated heterocycles. The monoisotopic (exact) mass is 280 g/mol. The number of amides is 2. The number of benzene rings is 1. The minimum absolute atomic E-state index is 0.163. The summed E-state index contributed by atoms with van der Waals surface area (Å²) >= 11 is 0. The lowest BCUT2D eigenvalue weighted by molar-refractivity contribution is 0.0274. The average Bonchev–Trinajstić information content (AvgIpc) is 2.39. The topological polar surface area (TPSA) is 70.6 Å². The third kappa shape index (κ3) is 6.54. The molecular formula is C15H24N2O3. The van der Waals surface area contributed by atoms with E-state index in [-0.39, 0.29) is 19.2 Å². The highest BCUT2D eigenvalue weighted by molar-refractivity contribution is 5.89. The first-order valence-electron chi connectivity index (χ1n) is 6.85. The van der Waals surface area contributed by atoms with Gasteiger partial charge in [-0.15, -0.1) is 0 Å². The van der Waals surface area contributed by atoms with Crippen molar-refractivity contribution in [3.63, 3.8) is 0 Å². The molecule has 20 heavy (non-hydrogen) atoms. The van der Waals surface area contributed by atoms with Crippen LogP contribution in [0, 0.1) is 12.8 Å². The summed E-state index contributed by atoms with van der Waals surface area (Å²) in [5.74, 6) is 0.430. The van der Waals surface area contributed by atoms with Crippen LogP contribution in [0.5, 0.6) is 0 Å². The average molecular weight is 280 g/mol. The van der Waals surface area contributed by atoms with Gasteiger partial charge < -0.3 is 20.5 Å². The second-order valence-corrected chi connectivity index (χ2v) is 5.24. The molecule has 5 heteroatoms. The fourth-order valence-electron chi connectivity index (χ4n) is 1.59. The number of aliphatic hydroxyl groups excluding tert-OH is 1. The fourth-order valence-corrected chi connectivity index (χ4v) is 1.59. The van der Waals surface area contributed by atoms with Crippen molar-refractivity contribution in [3.05, 3.63) is 29.8 Å². The second kappa shape index (κ2) is 8.55. The van der Waals surface area contributed by atoms with Crippen LogP contribution in [0.4, 0.5) is 10.5 Å². The molecule has 0 heterocycles. The van der Waals surface area contributed by atoms with Gasteiger partial charge in [-0.05, 0) is 24.5 Å². The number of aliphatic hydroxyl groups is 1. The van der Waals surface area contributed by atoms with Crippen molar-refractivity contribution in [2.24, 2.45) is 5.92 Å². The molecule has 0 aliphatic carbocycles. The summed E-state index contributed by atoms with van der Waals surface area (Å²) in [5.41, 5.74) is 1.75. The predicted octanol–water partition coefficient (Wildman–Crippen LogP) is 2.15. The van der Waals surface area contributed by atoms with E-state index in [1.165, 1.54) is 0 Å². The molecule has 0 radical (unpaired) electrons. The number of hydrogen-bond acceptors (Lipinski definition) is 3. The summed E-state index contributed by atoms with van der Waals surface area (Å²) in [4.78, 5) is 11.7.